The topological polar surface area (TPSA) is 88.2 Å². The van der Waals surface area contributed by atoms with Crippen LogP contribution in [0.15, 0.2) is 53.2 Å². The lowest BCUT2D eigenvalue weighted by Gasteiger charge is -2.15. The number of esters is 1. The van der Waals surface area contributed by atoms with Gasteiger partial charge in [0, 0.05) is 30.7 Å². The number of fused-ring (bicyclic) bond motifs is 1. The predicted molar refractivity (Wildman–Crippen MR) is 132 cm³/mol. The number of nitrogens with zero attached hydrogens (tertiary/aromatic N) is 4. The van der Waals surface area contributed by atoms with Gasteiger partial charge in [0.2, 0.25) is 5.75 Å². The van der Waals surface area contributed by atoms with Crippen molar-refractivity contribution in [3.05, 3.63) is 75.4 Å². The van der Waals surface area contributed by atoms with Crippen LogP contribution >= 0.6 is 11.3 Å². The second-order valence-electron chi connectivity index (χ2n) is 7.87. The van der Waals surface area contributed by atoms with Crippen molar-refractivity contribution < 1.29 is 14.3 Å². The van der Waals surface area contributed by atoms with E-state index in [2.05, 4.69) is 10.1 Å². The van der Waals surface area contributed by atoms with Crippen molar-refractivity contribution >= 4 is 27.5 Å². The first-order chi connectivity index (χ1) is 16.6. The summed E-state index contributed by atoms with van der Waals surface area (Å²) < 4.78 is 15.3. The first-order valence-electron chi connectivity index (χ1n) is 11.5. The fourth-order valence-corrected chi connectivity index (χ4v) is 4.65. The lowest BCUT2D eigenvalue weighted by atomic mass is 10.2. The Bertz CT molecular complexity index is 1310. The molecule has 0 aliphatic heterocycles. The Balaban J connectivity index is 1.65. The normalized spacial score (nSPS) is 11.1. The molecule has 4 heterocycles. The Morgan fingerprint density at radius 3 is 2.74 bits per heavy atom. The van der Waals surface area contributed by atoms with Crippen LogP contribution in [0.5, 0.6) is 5.75 Å². The number of ether oxygens (including phenoxy) is 2. The highest BCUT2D eigenvalue weighted by molar-refractivity contribution is 7.17. The van der Waals surface area contributed by atoms with Gasteiger partial charge >= 0.3 is 5.97 Å². The molecule has 0 fully saturated rings. The van der Waals surface area contributed by atoms with E-state index >= 15 is 0 Å². The van der Waals surface area contributed by atoms with Crippen molar-refractivity contribution in [1.82, 2.24) is 19.3 Å². The lowest BCUT2D eigenvalue weighted by Crippen LogP contribution is -2.26. The smallest absolute Gasteiger partial charge is 0.343 e. The number of thiophene rings is 1. The van der Waals surface area contributed by atoms with Gasteiger partial charge in [-0.25, -0.2) is 4.79 Å². The molecular formula is C25H28N4O4S. The molecule has 0 saturated heterocycles. The maximum absolute atomic E-state index is 13.5. The van der Waals surface area contributed by atoms with E-state index in [0.717, 1.165) is 31.4 Å². The Kier molecular flexibility index (Phi) is 7.74. The summed E-state index contributed by atoms with van der Waals surface area (Å²) in [5.74, 6) is -0.471. The van der Waals surface area contributed by atoms with Crippen LogP contribution in [0.1, 0.15) is 48.2 Å². The monoisotopic (exact) mass is 480 g/mol. The predicted octanol–water partition coefficient (Wildman–Crippen LogP) is 4.30. The van der Waals surface area contributed by atoms with Gasteiger partial charge in [-0.15, -0.1) is 11.3 Å². The summed E-state index contributed by atoms with van der Waals surface area (Å²) in [6.45, 7) is 5.43. The van der Waals surface area contributed by atoms with Crippen molar-refractivity contribution in [2.75, 3.05) is 13.2 Å². The van der Waals surface area contributed by atoms with Crippen LogP contribution in [0.25, 0.3) is 10.2 Å². The highest BCUT2D eigenvalue weighted by Crippen LogP contribution is 2.31. The van der Waals surface area contributed by atoms with Gasteiger partial charge in [-0.05, 0) is 48.9 Å². The van der Waals surface area contributed by atoms with E-state index in [0.29, 0.717) is 23.4 Å². The number of pyridine rings is 2. The van der Waals surface area contributed by atoms with Gasteiger partial charge in [-0.3, -0.25) is 19.0 Å². The van der Waals surface area contributed by atoms with E-state index in [-0.39, 0.29) is 23.5 Å². The molecular weight excluding hydrogens is 452 g/mol. The van der Waals surface area contributed by atoms with Crippen molar-refractivity contribution in [2.45, 2.75) is 46.2 Å². The standard InChI is InChI=1S/C25H28N4O4S/c1-3-5-13-33-22-21(25(31)32-4-2)23-20(9-14-34-23)29(24(22)30)17-19-15-27-28(16-19)12-8-18-6-10-26-11-7-18/h6-7,9-11,14-16H,3-5,8,12-13,17H2,1-2H3. The molecule has 0 aliphatic rings. The number of hydrogen-bond donors (Lipinski definition) is 0. The quantitative estimate of drug-likeness (QED) is 0.235. The zero-order chi connectivity index (χ0) is 23.9. The largest absolute Gasteiger partial charge is 0.487 e. The molecule has 0 amide bonds. The molecule has 0 aromatic carbocycles. The summed E-state index contributed by atoms with van der Waals surface area (Å²) >= 11 is 1.40. The van der Waals surface area contributed by atoms with E-state index in [1.165, 1.54) is 16.9 Å². The summed E-state index contributed by atoms with van der Waals surface area (Å²) in [5, 5.41) is 6.33. The van der Waals surface area contributed by atoms with Gasteiger partial charge in [0.25, 0.3) is 5.56 Å². The Morgan fingerprint density at radius 2 is 1.97 bits per heavy atom. The van der Waals surface area contributed by atoms with Gasteiger partial charge in [-0.2, -0.15) is 5.10 Å². The summed E-state index contributed by atoms with van der Waals surface area (Å²) in [7, 11) is 0. The van der Waals surface area contributed by atoms with E-state index in [1.807, 2.05) is 41.4 Å². The third-order valence-corrected chi connectivity index (χ3v) is 6.38. The fraction of sp³-hybridized carbons (Fsp3) is 0.360. The summed E-state index contributed by atoms with van der Waals surface area (Å²) in [6.07, 6.45) is 9.82. The molecule has 0 bridgehead atoms. The van der Waals surface area contributed by atoms with E-state index in [1.54, 1.807) is 30.1 Å². The van der Waals surface area contributed by atoms with Crippen LogP contribution in [-0.4, -0.2) is 38.5 Å². The molecule has 0 atom stereocenters. The third kappa shape index (κ3) is 5.20. The molecule has 0 N–H and O–H groups in total. The number of rotatable bonds is 11. The zero-order valence-corrected chi connectivity index (χ0v) is 20.2. The molecule has 178 valence electrons. The van der Waals surface area contributed by atoms with Crippen LogP contribution in [-0.2, 0) is 24.2 Å². The molecule has 34 heavy (non-hydrogen) atoms. The molecule has 0 aliphatic carbocycles. The fourth-order valence-electron chi connectivity index (χ4n) is 3.73. The van der Waals surface area contributed by atoms with Crippen LogP contribution in [0.4, 0.5) is 0 Å². The molecule has 0 spiro atoms. The number of carbonyl (C=O) groups excluding carboxylic acids is 1. The van der Waals surface area contributed by atoms with E-state index in [4.69, 9.17) is 9.47 Å². The summed E-state index contributed by atoms with van der Waals surface area (Å²) in [4.78, 5) is 30.3. The summed E-state index contributed by atoms with van der Waals surface area (Å²) in [5.41, 5.74) is 2.65. The van der Waals surface area contributed by atoms with Crippen molar-refractivity contribution in [3.8, 4) is 5.75 Å². The highest BCUT2D eigenvalue weighted by atomic mass is 32.1. The summed E-state index contributed by atoms with van der Waals surface area (Å²) in [6, 6.07) is 5.83. The number of hydrogen-bond acceptors (Lipinski definition) is 7. The molecule has 8 nitrogen and oxygen atoms in total. The van der Waals surface area contributed by atoms with Crippen LogP contribution in [0.3, 0.4) is 0 Å². The molecule has 9 heteroatoms. The second-order valence-corrected chi connectivity index (χ2v) is 8.79. The number of aryl methyl sites for hydroxylation is 2. The molecule has 0 saturated carbocycles. The van der Waals surface area contributed by atoms with Gasteiger partial charge < -0.3 is 9.47 Å². The van der Waals surface area contributed by atoms with E-state index in [9.17, 15) is 9.59 Å². The minimum atomic E-state index is -0.533. The number of aromatic nitrogens is 4. The maximum atomic E-state index is 13.5. The molecule has 4 aromatic heterocycles. The zero-order valence-electron chi connectivity index (χ0n) is 19.4. The Hall–Kier alpha value is -3.46. The van der Waals surface area contributed by atoms with Gasteiger partial charge in [0.05, 0.1) is 36.2 Å². The third-order valence-electron chi connectivity index (χ3n) is 5.46. The SMILES string of the molecule is CCCCOc1c(C(=O)OCC)c2sccc2n(Cc2cnn(CCc3ccncc3)c2)c1=O. The first-order valence-corrected chi connectivity index (χ1v) is 12.3. The lowest BCUT2D eigenvalue weighted by molar-refractivity contribution is 0.0523. The van der Waals surface area contributed by atoms with E-state index < -0.39 is 5.97 Å². The Morgan fingerprint density at radius 1 is 1.15 bits per heavy atom. The maximum Gasteiger partial charge on any atom is 0.343 e. The number of carbonyl (C=O) groups is 1. The van der Waals surface area contributed by atoms with Crippen LogP contribution < -0.4 is 10.3 Å². The van der Waals surface area contributed by atoms with Crippen molar-refractivity contribution in [1.29, 1.82) is 0 Å². The average Bonchev–Trinajstić information content (AvgIpc) is 3.51. The molecule has 0 radical (unpaired) electrons. The van der Waals surface area contributed by atoms with Gasteiger partial charge in [0.15, 0.2) is 0 Å². The highest BCUT2D eigenvalue weighted by Gasteiger charge is 2.25. The second kappa shape index (κ2) is 11.1. The Labute approximate surface area is 201 Å². The number of unbranched alkanes of at least 4 members (excludes halogenated alkanes) is 1. The first kappa shape index (κ1) is 23.7. The van der Waals surface area contributed by atoms with Crippen LogP contribution in [0.2, 0.25) is 0 Å². The minimum Gasteiger partial charge on any atom is -0.487 e. The molecule has 0 unspecified atom stereocenters. The molecule has 4 rings (SSSR count). The van der Waals surface area contributed by atoms with Crippen molar-refractivity contribution in [3.63, 3.8) is 0 Å². The van der Waals surface area contributed by atoms with Crippen LogP contribution in [0, 0.1) is 0 Å². The van der Waals surface area contributed by atoms with Gasteiger partial charge in [0.1, 0.15) is 5.56 Å². The average molecular weight is 481 g/mol. The van der Waals surface area contributed by atoms with Gasteiger partial charge in [-0.1, -0.05) is 13.3 Å². The van der Waals surface area contributed by atoms with Crippen molar-refractivity contribution in [2.24, 2.45) is 0 Å². The minimum absolute atomic E-state index is 0.0620. The molecule has 4 aromatic rings.